The van der Waals surface area contributed by atoms with Gasteiger partial charge >= 0.3 is 0 Å². The van der Waals surface area contributed by atoms with Crippen molar-refractivity contribution in [1.29, 1.82) is 5.26 Å². The van der Waals surface area contributed by atoms with E-state index in [0.29, 0.717) is 16.5 Å². The Hall–Kier alpha value is -3.96. The zero-order valence-corrected chi connectivity index (χ0v) is 16.8. The number of rotatable bonds is 5. The summed E-state index contributed by atoms with van der Waals surface area (Å²) in [4.78, 5) is 25.4. The van der Waals surface area contributed by atoms with E-state index in [1.165, 1.54) is 20.2 Å². The zero-order chi connectivity index (χ0) is 21.7. The van der Waals surface area contributed by atoms with Gasteiger partial charge in [0, 0.05) is 10.6 Å². The summed E-state index contributed by atoms with van der Waals surface area (Å²) >= 11 is 5.84. The average Bonchev–Trinajstić information content (AvgIpc) is 2.75. The normalized spacial score (nSPS) is 10.6. The van der Waals surface area contributed by atoms with Crippen LogP contribution in [0.5, 0.6) is 5.75 Å². The Morgan fingerprint density at radius 2 is 1.97 bits per heavy atom. The number of carbonyl (C=O) groups excluding carboxylic acids is 1. The number of carbonyl (C=O) groups is 1. The van der Waals surface area contributed by atoms with Crippen LogP contribution >= 0.6 is 11.6 Å². The maximum Gasteiger partial charge on any atom is 0.292 e. The molecule has 0 aliphatic heterocycles. The third-order valence-corrected chi connectivity index (χ3v) is 4.48. The van der Waals surface area contributed by atoms with Gasteiger partial charge in [-0.15, -0.1) is 0 Å². The number of nitrogens with zero attached hydrogens (tertiary/aromatic N) is 4. The van der Waals surface area contributed by atoms with Gasteiger partial charge in [-0.05, 0) is 36.8 Å². The van der Waals surface area contributed by atoms with Crippen LogP contribution in [0.3, 0.4) is 0 Å². The molecule has 30 heavy (non-hydrogen) atoms. The highest BCUT2D eigenvalue weighted by Crippen LogP contribution is 2.21. The number of ether oxygens (including phenoxy) is 1. The lowest BCUT2D eigenvalue weighted by atomic mass is 10.1. The molecule has 0 bridgehead atoms. The highest BCUT2D eigenvalue weighted by molar-refractivity contribution is 6.30. The van der Waals surface area contributed by atoms with Gasteiger partial charge in [0.2, 0.25) is 0 Å². The van der Waals surface area contributed by atoms with Crippen molar-refractivity contribution in [3.8, 4) is 17.5 Å². The molecule has 0 atom stereocenters. The number of hydrazone groups is 1. The summed E-state index contributed by atoms with van der Waals surface area (Å²) in [5.41, 5.74) is 2.60. The molecule has 0 spiro atoms. The molecule has 1 heterocycles. The van der Waals surface area contributed by atoms with Gasteiger partial charge in [0.15, 0.2) is 5.69 Å². The van der Waals surface area contributed by atoms with Gasteiger partial charge in [0.1, 0.15) is 23.1 Å². The minimum Gasteiger partial charge on any atom is -0.494 e. The Kier molecular flexibility index (Phi) is 6.25. The summed E-state index contributed by atoms with van der Waals surface area (Å²) in [6.45, 7) is 1.48. The Morgan fingerprint density at radius 3 is 2.63 bits per heavy atom. The van der Waals surface area contributed by atoms with Crippen molar-refractivity contribution < 1.29 is 9.53 Å². The number of nitrogens with one attached hydrogen (secondary N) is 1. The van der Waals surface area contributed by atoms with E-state index >= 15 is 0 Å². The quantitative estimate of drug-likeness (QED) is 0.503. The molecule has 0 saturated heterocycles. The molecular weight excluding hydrogens is 406 g/mol. The standard InChI is InChI=1S/C21H16ClN5O3/c1-13-16(11-23)21(29)27(17-5-3-4-6-18(17)30-2)26-19(13)20(28)25-24-12-14-7-9-15(22)10-8-14/h3-10,12H,1-2H3,(H,25,28)/b24-12+. The first-order valence-corrected chi connectivity index (χ1v) is 9.10. The second kappa shape index (κ2) is 9.03. The number of benzene rings is 2. The summed E-state index contributed by atoms with van der Waals surface area (Å²) in [5, 5.41) is 18.1. The van der Waals surface area contributed by atoms with E-state index in [1.807, 2.05) is 6.07 Å². The zero-order valence-electron chi connectivity index (χ0n) is 16.1. The predicted molar refractivity (Wildman–Crippen MR) is 112 cm³/mol. The third-order valence-electron chi connectivity index (χ3n) is 4.23. The minimum atomic E-state index is -0.669. The van der Waals surface area contributed by atoms with E-state index < -0.39 is 11.5 Å². The van der Waals surface area contributed by atoms with Crippen LogP contribution in [0.2, 0.25) is 5.02 Å². The first-order valence-electron chi connectivity index (χ1n) is 8.72. The lowest BCUT2D eigenvalue weighted by molar-refractivity contribution is 0.0947. The van der Waals surface area contributed by atoms with Crippen LogP contribution in [-0.2, 0) is 0 Å². The van der Waals surface area contributed by atoms with Crippen LogP contribution in [0, 0.1) is 18.3 Å². The van der Waals surface area contributed by atoms with Crippen LogP contribution < -0.4 is 15.7 Å². The van der Waals surface area contributed by atoms with E-state index in [4.69, 9.17) is 16.3 Å². The molecule has 0 unspecified atom stereocenters. The van der Waals surface area contributed by atoms with Gasteiger partial charge in [-0.1, -0.05) is 35.9 Å². The Balaban J connectivity index is 2.00. The fourth-order valence-corrected chi connectivity index (χ4v) is 2.81. The molecule has 9 heteroatoms. The number of amides is 1. The van der Waals surface area contributed by atoms with E-state index in [1.54, 1.807) is 48.5 Å². The second-order valence-electron chi connectivity index (χ2n) is 6.10. The number of halogens is 1. The van der Waals surface area contributed by atoms with E-state index in [0.717, 1.165) is 10.2 Å². The van der Waals surface area contributed by atoms with Crippen LogP contribution in [0.4, 0.5) is 0 Å². The molecule has 3 rings (SSSR count). The van der Waals surface area contributed by atoms with Crippen molar-refractivity contribution >= 4 is 23.7 Å². The highest BCUT2D eigenvalue weighted by Gasteiger charge is 2.21. The van der Waals surface area contributed by atoms with Crippen molar-refractivity contribution in [2.45, 2.75) is 6.92 Å². The van der Waals surface area contributed by atoms with E-state index in [-0.39, 0.29) is 16.8 Å². The fourth-order valence-electron chi connectivity index (χ4n) is 2.69. The smallest absolute Gasteiger partial charge is 0.292 e. The molecule has 1 amide bonds. The van der Waals surface area contributed by atoms with Crippen molar-refractivity contribution in [3.63, 3.8) is 0 Å². The lowest BCUT2D eigenvalue weighted by Gasteiger charge is -2.13. The first kappa shape index (κ1) is 20.8. The molecule has 0 saturated carbocycles. The van der Waals surface area contributed by atoms with Gasteiger partial charge in [-0.3, -0.25) is 9.59 Å². The fraction of sp³-hybridized carbons (Fsp3) is 0.0952. The molecule has 8 nitrogen and oxygen atoms in total. The Labute approximate surface area is 177 Å². The lowest BCUT2D eigenvalue weighted by Crippen LogP contribution is -2.31. The summed E-state index contributed by atoms with van der Waals surface area (Å²) in [7, 11) is 1.45. The van der Waals surface area contributed by atoms with Gasteiger partial charge in [-0.25, -0.2) is 5.43 Å². The molecule has 2 aromatic carbocycles. The summed E-state index contributed by atoms with van der Waals surface area (Å²) in [6.07, 6.45) is 1.44. The van der Waals surface area contributed by atoms with Gasteiger partial charge < -0.3 is 4.74 Å². The van der Waals surface area contributed by atoms with Crippen molar-refractivity contribution in [2.75, 3.05) is 7.11 Å². The van der Waals surface area contributed by atoms with E-state index in [9.17, 15) is 14.9 Å². The molecule has 1 N–H and O–H groups in total. The topological polar surface area (TPSA) is 109 Å². The van der Waals surface area contributed by atoms with Crippen LogP contribution in [-0.4, -0.2) is 29.0 Å². The number of nitriles is 1. The SMILES string of the molecule is COc1ccccc1-n1nc(C(=O)N/N=C/c2ccc(Cl)cc2)c(C)c(C#N)c1=O. The number of methoxy groups -OCH3 is 1. The monoisotopic (exact) mass is 421 g/mol. The van der Waals surface area contributed by atoms with E-state index in [2.05, 4.69) is 15.6 Å². The maximum absolute atomic E-state index is 12.7. The largest absolute Gasteiger partial charge is 0.494 e. The molecular formula is C21H16ClN5O3. The summed E-state index contributed by atoms with van der Waals surface area (Å²) in [5.74, 6) is -0.301. The molecule has 1 aromatic heterocycles. The Morgan fingerprint density at radius 1 is 1.27 bits per heavy atom. The molecule has 0 fully saturated rings. The van der Waals surface area contributed by atoms with Crippen LogP contribution in [0.25, 0.3) is 5.69 Å². The molecule has 150 valence electrons. The van der Waals surface area contributed by atoms with Gasteiger partial charge in [-0.2, -0.15) is 20.1 Å². The highest BCUT2D eigenvalue weighted by atomic mass is 35.5. The number of aromatic nitrogens is 2. The molecule has 0 radical (unpaired) electrons. The second-order valence-corrected chi connectivity index (χ2v) is 6.54. The number of para-hydroxylation sites is 2. The molecule has 3 aromatic rings. The maximum atomic E-state index is 12.7. The van der Waals surface area contributed by atoms with Gasteiger partial charge in [0.25, 0.3) is 11.5 Å². The van der Waals surface area contributed by atoms with Crippen LogP contribution in [0.15, 0.2) is 58.4 Å². The summed E-state index contributed by atoms with van der Waals surface area (Å²) < 4.78 is 6.24. The average molecular weight is 422 g/mol. The third kappa shape index (κ3) is 4.21. The summed E-state index contributed by atoms with van der Waals surface area (Å²) in [6, 6.07) is 15.4. The van der Waals surface area contributed by atoms with Crippen LogP contribution in [0.1, 0.15) is 27.2 Å². The van der Waals surface area contributed by atoms with Crippen molar-refractivity contribution in [2.24, 2.45) is 5.10 Å². The molecule has 0 aliphatic carbocycles. The molecule has 0 aliphatic rings. The number of hydrogen-bond acceptors (Lipinski definition) is 6. The number of hydrogen-bond donors (Lipinski definition) is 1. The predicted octanol–water partition coefficient (Wildman–Crippen LogP) is 2.84. The first-order chi connectivity index (χ1) is 14.5. The van der Waals surface area contributed by atoms with Crippen molar-refractivity contribution in [3.05, 3.63) is 86.3 Å². The Bertz CT molecular complexity index is 1230. The minimum absolute atomic E-state index is 0.106. The van der Waals surface area contributed by atoms with Crippen molar-refractivity contribution in [1.82, 2.24) is 15.2 Å². The van der Waals surface area contributed by atoms with Gasteiger partial charge in [0.05, 0.1) is 13.3 Å².